The van der Waals surface area contributed by atoms with Gasteiger partial charge in [-0.1, -0.05) is 0 Å². The van der Waals surface area contributed by atoms with Gasteiger partial charge in [0, 0.05) is 31.5 Å². The number of nitrogens with zero attached hydrogens (tertiary/aromatic N) is 2. The zero-order valence-corrected chi connectivity index (χ0v) is 13.0. The molecular weight excluding hydrogens is 296 g/mol. The highest BCUT2D eigenvalue weighted by Gasteiger charge is 2.27. The first-order valence-corrected chi connectivity index (χ1v) is 9.01. The normalized spacial score (nSPS) is 16.4. The summed E-state index contributed by atoms with van der Waals surface area (Å²) in [5.74, 6) is 0.811. The number of aromatic nitrogens is 1. The average molecular weight is 314 g/mol. The molecule has 7 heteroatoms. The van der Waals surface area contributed by atoms with E-state index in [0.717, 1.165) is 17.9 Å². The molecule has 1 aromatic rings. The second kappa shape index (κ2) is 6.69. The minimum absolute atomic E-state index is 0.144. The fraction of sp³-hybridized carbons (Fsp3) is 0.538. The summed E-state index contributed by atoms with van der Waals surface area (Å²) in [7, 11) is -3.38. The van der Waals surface area contributed by atoms with Crippen molar-refractivity contribution in [1.82, 2.24) is 9.29 Å². The molecule has 0 atom stereocenters. The number of sulfonamides is 1. The van der Waals surface area contributed by atoms with Crippen LogP contribution in [0.3, 0.4) is 0 Å². The fourth-order valence-corrected chi connectivity index (χ4v) is 4.33. The Hall–Kier alpha value is -0.920. The number of carbonyl (C=O) groups is 1. The van der Waals surface area contributed by atoms with Crippen molar-refractivity contribution < 1.29 is 13.2 Å². The van der Waals surface area contributed by atoms with Crippen LogP contribution in [0.25, 0.3) is 0 Å². The van der Waals surface area contributed by atoms with Gasteiger partial charge in [-0.05, 0) is 31.9 Å². The van der Waals surface area contributed by atoms with Crippen molar-refractivity contribution in [2.75, 3.05) is 18.8 Å². The topological polar surface area (TPSA) is 67.3 Å². The van der Waals surface area contributed by atoms with Gasteiger partial charge in [0.2, 0.25) is 10.0 Å². The first-order valence-electron chi connectivity index (χ1n) is 6.58. The number of hydrogen-bond acceptors (Lipinski definition) is 5. The van der Waals surface area contributed by atoms with Crippen LogP contribution in [0.1, 0.15) is 26.2 Å². The molecule has 1 aliphatic rings. The quantitative estimate of drug-likeness (QED) is 0.751. The summed E-state index contributed by atoms with van der Waals surface area (Å²) >= 11 is 1.46. The summed E-state index contributed by atoms with van der Waals surface area (Å²) in [5.41, 5.74) is 0. The molecule has 0 spiro atoms. The lowest BCUT2D eigenvalue weighted by molar-refractivity contribution is -0.116. The predicted octanol–water partition coefficient (Wildman–Crippen LogP) is 1.94. The summed E-state index contributed by atoms with van der Waals surface area (Å²) in [4.78, 5) is 15.3. The van der Waals surface area contributed by atoms with Crippen LogP contribution in [0.5, 0.6) is 0 Å². The third-order valence-corrected chi connectivity index (χ3v) is 5.94. The standard InChI is InChI=1S/C13H18N2O3S2/c1-11(16)6-9-19-13-5-4-12(10-14-13)20(17,18)15-7-2-3-8-15/h4-5,10H,2-3,6-9H2,1H3. The van der Waals surface area contributed by atoms with E-state index in [1.54, 1.807) is 19.1 Å². The molecule has 0 N–H and O–H groups in total. The molecule has 0 amide bonds. The number of thioether (sulfide) groups is 1. The summed E-state index contributed by atoms with van der Waals surface area (Å²) in [6.45, 7) is 2.74. The first-order chi connectivity index (χ1) is 9.50. The Balaban J connectivity index is 2.02. The Morgan fingerprint density at radius 1 is 1.35 bits per heavy atom. The molecule has 5 nitrogen and oxygen atoms in total. The van der Waals surface area contributed by atoms with Crippen molar-refractivity contribution in [3.05, 3.63) is 18.3 Å². The van der Waals surface area contributed by atoms with E-state index >= 15 is 0 Å². The second-order valence-corrected chi connectivity index (χ2v) is 7.80. The maximum atomic E-state index is 12.3. The van der Waals surface area contributed by atoms with Crippen molar-refractivity contribution in [2.24, 2.45) is 0 Å². The number of Topliss-reactive ketones (excluding diaryl/α,β-unsaturated/α-hetero) is 1. The molecule has 110 valence electrons. The van der Waals surface area contributed by atoms with Gasteiger partial charge in [-0.2, -0.15) is 4.31 Å². The highest BCUT2D eigenvalue weighted by atomic mass is 32.2. The summed E-state index contributed by atoms with van der Waals surface area (Å²) in [6.07, 6.45) is 3.75. The Morgan fingerprint density at radius 3 is 2.60 bits per heavy atom. The molecule has 1 aliphatic heterocycles. The molecule has 20 heavy (non-hydrogen) atoms. The molecule has 0 saturated carbocycles. The molecule has 1 saturated heterocycles. The van der Waals surface area contributed by atoms with E-state index in [-0.39, 0.29) is 10.7 Å². The maximum Gasteiger partial charge on any atom is 0.244 e. The van der Waals surface area contributed by atoms with Crippen molar-refractivity contribution in [1.29, 1.82) is 0 Å². The van der Waals surface area contributed by atoms with Crippen LogP contribution < -0.4 is 0 Å². The van der Waals surface area contributed by atoms with Gasteiger partial charge in [0.15, 0.2) is 0 Å². The molecule has 1 fully saturated rings. The number of hydrogen-bond donors (Lipinski definition) is 0. The lowest BCUT2D eigenvalue weighted by Crippen LogP contribution is -2.27. The van der Waals surface area contributed by atoms with E-state index in [2.05, 4.69) is 4.98 Å². The van der Waals surface area contributed by atoms with E-state index < -0.39 is 10.0 Å². The van der Waals surface area contributed by atoms with Gasteiger partial charge >= 0.3 is 0 Å². The van der Waals surface area contributed by atoms with Gasteiger partial charge in [0.1, 0.15) is 10.7 Å². The van der Waals surface area contributed by atoms with E-state index in [9.17, 15) is 13.2 Å². The zero-order valence-electron chi connectivity index (χ0n) is 11.4. The van der Waals surface area contributed by atoms with Gasteiger partial charge in [0.25, 0.3) is 0 Å². The Kier molecular flexibility index (Phi) is 5.17. The van der Waals surface area contributed by atoms with Crippen LogP contribution in [0.15, 0.2) is 28.3 Å². The highest BCUT2D eigenvalue weighted by molar-refractivity contribution is 7.99. The smallest absolute Gasteiger partial charge is 0.244 e. The third kappa shape index (κ3) is 3.80. The predicted molar refractivity (Wildman–Crippen MR) is 78.3 cm³/mol. The average Bonchev–Trinajstić information content (AvgIpc) is 2.93. The fourth-order valence-electron chi connectivity index (χ4n) is 1.98. The summed E-state index contributed by atoms with van der Waals surface area (Å²) < 4.78 is 26.1. The van der Waals surface area contributed by atoms with Crippen molar-refractivity contribution in [3.8, 4) is 0 Å². The number of ketones is 1. The number of pyridine rings is 1. The molecule has 0 aliphatic carbocycles. The van der Waals surface area contributed by atoms with Gasteiger partial charge < -0.3 is 0 Å². The minimum Gasteiger partial charge on any atom is -0.300 e. The van der Waals surface area contributed by atoms with Crippen LogP contribution in [-0.4, -0.2) is 42.3 Å². The molecule has 2 heterocycles. The Bertz CT molecular complexity index is 564. The van der Waals surface area contributed by atoms with E-state index in [0.29, 0.717) is 25.3 Å². The first kappa shape index (κ1) is 15.5. The Labute approximate surface area is 123 Å². The monoisotopic (exact) mass is 314 g/mol. The van der Waals surface area contributed by atoms with Crippen LogP contribution in [0, 0.1) is 0 Å². The minimum atomic E-state index is -3.38. The van der Waals surface area contributed by atoms with Gasteiger partial charge in [0.05, 0.1) is 5.03 Å². The molecule has 1 aromatic heterocycles. The van der Waals surface area contributed by atoms with Gasteiger partial charge in [-0.3, -0.25) is 4.79 Å². The van der Waals surface area contributed by atoms with Gasteiger partial charge in [-0.15, -0.1) is 11.8 Å². The molecule has 0 radical (unpaired) electrons. The summed E-state index contributed by atoms with van der Waals surface area (Å²) in [5, 5.41) is 0.742. The van der Waals surface area contributed by atoms with Gasteiger partial charge in [-0.25, -0.2) is 13.4 Å². The van der Waals surface area contributed by atoms with Crippen LogP contribution in [-0.2, 0) is 14.8 Å². The maximum absolute atomic E-state index is 12.3. The van der Waals surface area contributed by atoms with Crippen LogP contribution in [0.2, 0.25) is 0 Å². The third-order valence-electron chi connectivity index (χ3n) is 3.12. The second-order valence-electron chi connectivity index (χ2n) is 4.74. The number of rotatable bonds is 6. The van der Waals surface area contributed by atoms with Crippen molar-refractivity contribution >= 4 is 27.6 Å². The lowest BCUT2D eigenvalue weighted by atomic mass is 10.4. The van der Waals surface area contributed by atoms with Crippen LogP contribution >= 0.6 is 11.8 Å². The zero-order chi connectivity index (χ0) is 14.6. The molecule has 2 rings (SSSR count). The van der Waals surface area contributed by atoms with Crippen molar-refractivity contribution in [3.63, 3.8) is 0 Å². The van der Waals surface area contributed by atoms with E-state index in [4.69, 9.17) is 0 Å². The molecule has 0 unspecified atom stereocenters. The SMILES string of the molecule is CC(=O)CCSc1ccc(S(=O)(=O)N2CCCC2)cn1. The van der Waals surface area contributed by atoms with E-state index in [1.165, 1.54) is 22.3 Å². The number of carbonyl (C=O) groups excluding carboxylic acids is 1. The Morgan fingerprint density at radius 2 is 2.05 bits per heavy atom. The van der Waals surface area contributed by atoms with Crippen LogP contribution in [0.4, 0.5) is 0 Å². The van der Waals surface area contributed by atoms with E-state index in [1.807, 2.05) is 0 Å². The summed E-state index contributed by atoms with van der Waals surface area (Å²) in [6, 6.07) is 3.30. The molecule has 0 bridgehead atoms. The lowest BCUT2D eigenvalue weighted by Gasteiger charge is -2.15. The largest absolute Gasteiger partial charge is 0.300 e. The van der Waals surface area contributed by atoms with Crippen molar-refractivity contribution in [2.45, 2.75) is 36.1 Å². The molecular formula is C13H18N2O3S2. The highest BCUT2D eigenvalue weighted by Crippen LogP contribution is 2.22. The molecule has 0 aromatic carbocycles.